The van der Waals surface area contributed by atoms with Gasteiger partial charge in [0.2, 0.25) is 0 Å². The third-order valence-corrected chi connectivity index (χ3v) is 5.46. The molecule has 1 aliphatic heterocycles. The number of aliphatic hydroxyl groups is 1. The minimum Gasteiger partial charge on any atom is -0.390 e. The van der Waals surface area contributed by atoms with E-state index in [-0.39, 0.29) is 11.5 Å². The Bertz CT molecular complexity index is 571. The van der Waals surface area contributed by atoms with Crippen molar-refractivity contribution >= 4 is 0 Å². The summed E-state index contributed by atoms with van der Waals surface area (Å²) in [5.74, 6) is 0.327. The van der Waals surface area contributed by atoms with Crippen LogP contribution in [-0.2, 0) is 5.41 Å². The smallest absolute Gasteiger partial charge is 0.0832 e. The van der Waals surface area contributed by atoms with Gasteiger partial charge in [-0.25, -0.2) is 0 Å². The van der Waals surface area contributed by atoms with Crippen molar-refractivity contribution in [2.45, 2.75) is 31.4 Å². The second-order valence-electron chi connectivity index (χ2n) is 6.63. The Morgan fingerprint density at radius 2 is 1.36 bits per heavy atom. The van der Waals surface area contributed by atoms with Crippen LogP contribution in [0.3, 0.4) is 0 Å². The highest BCUT2D eigenvalue weighted by atomic mass is 16.3. The molecule has 0 aliphatic carbocycles. The van der Waals surface area contributed by atoms with Gasteiger partial charge in [-0.15, -0.1) is 0 Å². The lowest BCUT2D eigenvalue weighted by Crippen LogP contribution is -2.62. The number of nitrogens with zero attached hydrogens (tertiary/aromatic N) is 1. The predicted molar refractivity (Wildman–Crippen MR) is 90.9 cm³/mol. The maximum atomic E-state index is 11.3. The van der Waals surface area contributed by atoms with Crippen LogP contribution >= 0.6 is 0 Å². The zero-order valence-corrected chi connectivity index (χ0v) is 13.6. The Labute approximate surface area is 133 Å². The van der Waals surface area contributed by atoms with Gasteiger partial charge in [0.25, 0.3) is 0 Å². The zero-order chi connectivity index (χ0) is 15.7. The predicted octanol–water partition coefficient (Wildman–Crippen LogP) is 3.30. The molecule has 1 saturated heterocycles. The molecule has 3 rings (SSSR count). The van der Waals surface area contributed by atoms with E-state index in [1.165, 1.54) is 11.1 Å². The minimum absolute atomic E-state index is 0.122. The van der Waals surface area contributed by atoms with Gasteiger partial charge in [0.05, 0.1) is 11.5 Å². The normalized spacial score (nSPS) is 28.5. The fraction of sp³-hybridized carbons (Fsp3) is 0.400. The molecule has 22 heavy (non-hydrogen) atoms. The van der Waals surface area contributed by atoms with E-state index in [0.717, 1.165) is 6.54 Å². The van der Waals surface area contributed by atoms with Gasteiger partial charge in [0, 0.05) is 12.6 Å². The van der Waals surface area contributed by atoms with Gasteiger partial charge in [-0.3, -0.25) is 0 Å². The molecule has 0 saturated carbocycles. The summed E-state index contributed by atoms with van der Waals surface area (Å²) in [4.78, 5) is 2.26. The molecule has 1 N–H and O–H groups in total. The molecule has 3 atom stereocenters. The molecule has 0 bridgehead atoms. The number of hydrogen-bond acceptors (Lipinski definition) is 2. The van der Waals surface area contributed by atoms with Crippen molar-refractivity contribution in [2.75, 3.05) is 13.6 Å². The third-order valence-electron chi connectivity index (χ3n) is 5.46. The molecule has 2 aromatic rings. The van der Waals surface area contributed by atoms with Crippen LogP contribution in [0, 0.1) is 5.92 Å². The van der Waals surface area contributed by atoms with Crippen LogP contribution in [0.4, 0.5) is 0 Å². The molecule has 2 nitrogen and oxygen atoms in total. The first-order chi connectivity index (χ1) is 10.6. The lowest BCUT2D eigenvalue weighted by molar-refractivity contribution is -0.0446. The molecule has 0 radical (unpaired) electrons. The second kappa shape index (κ2) is 5.86. The molecule has 2 aromatic carbocycles. The third kappa shape index (κ3) is 2.18. The van der Waals surface area contributed by atoms with Crippen molar-refractivity contribution in [1.29, 1.82) is 0 Å². The molecule has 2 heteroatoms. The highest BCUT2D eigenvalue weighted by Gasteiger charge is 2.51. The summed E-state index contributed by atoms with van der Waals surface area (Å²) in [6.07, 6.45) is -0.439. The van der Waals surface area contributed by atoms with Crippen molar-refractivity contribution in [3.8, 4) is 0 Å². The van der Waals surface area contributed by atoms with E-state index in [9.17, 15) is 5.11 Å². The van der Waals surface area contributed by atoms with Gasteiger partial charge in [-0.05, 0) is 31.0 Å². The van der Waals surface area contributed by atoms with Crippen molar-refractivity contribution in [3.05, 3.63) is 71.8 Å². The maximum Gasteiger partial charge on any atom is 0.0832 e. The van der Waals surface area contributed by atoms with Gasteiger partial charge in [0.1, 0.15) is 0 Å². The highest BCUT2D eigenvalue weighted by Crippen LogP contribution is 2.46. The van der Waals surface area contributed by atoms with Gasteiger partial charge < -0.3 is 10.0 Å². The molecule has 1 heterocycles. The number of benzene rings is 2. The topological polar surface area (TPSA) is 23.5 Å². The number of likely N-dealkylation sites (N-methyl/N-ethyl adjacent to an activating group) is 1. The van der Waals surface area contributed by atoms with Gasteiger partial charge in [-0.1, -0.05) is 67.6 Å². The first kappa shape index (κ1) is 15.3. The van der Waals surface area contributed by atoms with Crippen LogP contribution in [0.1, 0.15) is 25.0 Å². The first-order valence-electron chi connectivity index (χ1n) is 8.07. The molecule has 1 fully saturated rings. The lowest BCUT2D eigenvalue weighted by atomic mass is 9.59. The van der Waals surface area contributed by atoms with Crippen molar-refractivity contribution in [1.82, 2.24) is 4.90 Å². The quantitative estimate of drug-likeness (QED) is 0.919. The summed E-state index contributed by atoms with van der Waals surface area (Å²) in [5, 5.41) is 11.3. The average Bonchev–Trinajstić information content (AvgIpc) is 2.55. The van der Waals surface area contributed by atoms with Crippen molar-refractivity contribution < 1.29 is 5.11 Å². The average molecular weight is 295 g/mol. The van der Waals surface area contributed by atoms with Crippen LogP contribution in [0.5, 0.6) is 0 Å². The van der Waals surface area contributed by atoms with E-state index in [0.29, 0.717) is 5.92 Å². The van der Waals surface area contributed by atoms with Gasteiger partial charge in [0.15, 0.2) is 0 Å². The van der Waals surface area contributed by atoms with Gasteiger partial charge >= 0.3 is 0 Å². The summed E-state index contributed by atoms with van der Waals surface area (Å²) < 4.78 is 0. The molecule has 0 aromatic heterocycles. The van der Waals surface area contributed by atoms with E-state index >= 15 is 0 Å². The lowest BCUT2D eigenvalue weighted by Gasteiger charge is -2.53. The molecule has 0 unspecified atom stereocenters. The van der Waals surface area contributed by atoms with Crippen molar-refractivity contribution in [3.63, 3.8) is 0 Å². The summed E-state index contributed by atoms with van der Waals surface area (Å²) in [5.41, 5.74) is 2.07. The largest absolute Gasteiger partial charge is 0.390 e. The first-order valence-corrected chi connectivity index (χ1v) is 8.07. The van der Waals surface area contributed by atoms with E-state index < -0.39 is 6.10 Å². The fourth-order valence-electron chi connectivity index (χ4n) is 4.16. The van der Waals surface area contributed by atoms with Gasteiger partial charge in [-0.2, -0.15) is 0 Å². The van der Waals surface area contributed by atoms with E-state index in [2.05, 4.69) is 74.3 Å². The number of aliphatic hydroxyl groups excluding tert-OH is 1. The molecule has 116 valence electrons. The fourth-order valence-corrected chi connectivity index (χ4v) is 4.16. The molecular weight excluding hydrogens is 270 g/mol. The SMILES string of the molecule is C[C@@H]1[C@H](O)C(c2ccccc2)(c2ccccc2)[C@H](C)CN1C. The summed E-state index contributed by atoms with van der Waals surface area (Å²) in [6.45, 7) is 5.35. The zero-order valence-electron chi connectivity index (χ0n) is 13.6. The van der Waals surface area contributed by atoms with E-state index in [1.807, 2.05) is 12.1 Å². The van der Waals surface area contributed by atoms with Crippen LogP contribution in [0.25, 0.3) is 0 Å². The summed E-state index contributed by atoms with van der Waals surface area (Å²) in [7, 11) is 2.10. The number of likely N-dealkylation sites (tertiary alicyclic amines) is 1. The molecular formula is C20H25NO. The second-order valence-corrected chi connectivity index (χ2v) is 6.63. The van der Waals surface area contributed by atoms with Crippen LogP contribution in [-0.4, -0.2) is 35.7 Å². The van der Waals surface area contributed by atoms with E-state index in [4.69, 9.17) is 0 Å². The van der Waals surface area contributed by atoms with Crippen LogP contribution in [0.2, 0.25) is 0 Å². The Morgan fingerprint density at radius 3 is 1.82 bits per heavy atom. The Morgan fingerprint density at radius 1 is 0.909 bits per heavy atom. The summed E-state index contributed by atoms with van der Waals surface area (Å²) in [6, 6.07) is 21.1. The highest BCUT2D eigenvalue weighted by molar-refractivity contribution is 5.43. The standard InChI is InChI=1S/C20H25NO/c1-15-14-21(3)16(2)19(22)20(15,17-10-6-4-7-11-17)18-12-8-5-9-13-18/h4-13,15-16,19,22H,14H2,1-3H3/t15-,16-,19+/m1/s1. The van der Waals surface area contributed by atoms with Crippen LogP contribution < -0.4 is 0 Å². The number of hydrogen-bond donors (Lipinski definition) is 1. The van der Waals surface area contributed by atoms with Crippen LogP contribution in [0.15, 0.2) is 60.7 Å². The Balaban J connectivity index is 2.24. The Hall–Kier alpha value is -1.64. The number of rotatable bonds is 2. The molecule has 0 amide bonds. The monoisotopic (exact) mass is 295 g/mol. The number of piperidine rings is 1. The van der Waals surface area contributed by atoms with Crippen molar-refractivity contribution in [2.24, 2.45) is 5.92 Å². The minimum atomic E-state index is -0.439. The molecule has 1 aliphatic rings. The summed E-state index contributed by atoms with van der Waals surface area (Å²) >= 11 is 0. The molecule has 0 spiro atoms. The van der Waals surface area contributed by atoms with E-state index in [1.54, 1.807) is 0 Å². The maximum absolute atomic E-state index is 11.3. The Kier molecular flexibility index (Phi) is 4.07.